The van der Waals surface area contributed by atoms with Gasteiger partial charge in [0.1, 0.15) is 12.4 Å². The summed E-state index contributed by atoms with van der Waals surface area (Å²) in [4.78, 5) is 12.8. The maximum atomic E-state index is 12.8. The number of pyridine rings is 1. The fourth-order valence-electron chi connectivity index (χ4n) is 3.55. The zero-order chi connectivity index (χ0) is 20.6. The molecular weight excluding hydrogens is 366 g/mol. The topological polar surface area (TPSA) is 71.7 Å². The number of aryl methyl sites for hydroxylation is 1. The summed E-state index contributed by atoms with van der Waals surface area (Å²) in [5, 5.41) is 21.2. The number of hydrogen-bond donors (Lipinski definition) is 2. The van der Waals surface area contributed by atoms with Crippen LogP contribution in [-0.4, -0.2) is 14.8 Å². The maximum Gasteiger partial charge on any atom is 0.297 e. The molecule has 0 bridgehead atoms. The Hall–Kier alpha value is -2.95. The fraction of sp³-hybridized carbons (Fsp3) is 0.375. The molecule has 0 spiro atoms. The van der Waals surface area contributed by atoms with Gasteiger partial charge in [-0.05, 0) is 24.1 Å². The molecule has 0 saturated heterocycles. The molecule has 29 heavy (non-hydrogen) atoms. The van der Waals surface area contributed by atoms with E-state index in [1.165, 1.54) is 25.3 Å². The summed E-state index contributed by atoms with van der Waals surface area (Å²) in [6.45, 7) is 2.92. The van der Waals surface area contributed by atoms with Crippen LogP contribution in [0.25, 0.3) is 10.9 Å². The van der Waals surface area contributed by atoms with Crippen LogP contribution in [-0.2, 0) is 13.2 Å². The van der Waals surface area contributed by atoms with E-state index in [4.69, 9.17) is 4.74 Å². The second-order valence-corrected chi connectivity index (χ2v) is 7.38. The smallest absolute Gasteiger partial charge is 0.297 e. The van der Waals surface area contributed by atoms with Gasteiger partial charge in [0.05, 0.1) is 5.52 Å². The lowest BCUT2D eigenvalue weighted by molar-refractivity contribution is 0.290. The second-order valence-electron chi connectivity index (χ2n) is 7.38. The molecule has 3 rings (SSSR count). The Balaban J connectivity index is 1.87. The van der Waals surface area contributed by atoms with Gasteiger partial charge in [0.2, 0.25) is 5.75 Å². The van der Waals surface area contributed by atoms with Gasteiger partial charge >= 0.3 is 0 Å². The van der Waals surface area contributed by atoms with E-state index in [2.05, 4.69) is 6.92 Å². The van der Waals surface area contributed by atoms with Gasteiger partial charge in [-0.3, -0.25) is 4.79 Å². The lowest BCUT2D eigenvalue weighted by Crippen LogP contribution is -2.21. The molecule has 2 N–H and O–H groups in total. The van der Waals surface area contributed by atoms with Gasteiger partial charge in [0.25, 0.3) is 5.56 Å². The molecule has 0 aliphatic carbocycles. The van der Waals surface area contributed by atoms with Crippen molar-refractivity contribution in [3.8, 4) is 17.2 Å². The third-order valence-electron chi connectivity index (χ3n) is 5.14. The third-order valence-corrected chi connectivity index (χ3v) is 5.14. The molecular formula is C24H29NO4. The lowest BCUT2D eigenvalue weighted by atomic mass is 10.1. The highest BCUT2D eigenvalue weighted by atomic mass is 16.5. The minimum Gasteiger partial charge on any atom is -0.508 e. The zero-order valence-corrected chi connectivity index (χ0v) is 16.9. The molecule has 0 amide bonds. The number of aromatic hydroxyl groups is 2. The molecule has 0 radical (unpaired) electrons. The Labute approximate surface area is 171 Å². The Morgan fingerprint density at radius 3 is 2.41 bits per heavy atom. The molecule has 0 aliphatic heterocycles. The summed E-state index contributed by atoms with van der Waals surface area (Å²) in [6.07, 6.45) is 6.63. The van der Waals surface area contributed by atoms with Crippen molar-refractivity contribution in [1.82, 2.24) is 4.57 Å². The van der Waals surface area contributed by atoms with Gasteiger partial charge in [-0.1, -0.05) is 69.4 Å². The van der Waals surface area contributed by atoms with E-state index in [0.717, 1.165) is 24.8 Å². The summed E-state index contributed by atoms with van der Waals surface area (Å²) in [7, 11) is 0. The van der Waals surface area contributed by atoms with Crippen molar-refractivity contribution in [3.05, 3.63) is 64.4 Å². The summed E-state index contributed by atoms with van der Waals surface area (Å²) >= 11 is 0. The first-order valence-electron chi connectivity index (χ1n) is 10.4. The van der Waals surface area contributed by atoms with Crippen LogP contribution in [0.1, 0.15) is 51.0 Å². The van der Waals surface area contributed by atoms with Crippen LogP contribution in [0.5, 0.6) is 17.2 Å². The molecule has 0 atom stereocenters. The van der Waals surface area contributed by atoms with Gasteiger partial charge in [-0.2, -0.15) is 0 Å². The minimum absolute atomic E-state index is 0.0771. The van der Waals surface area contributed by atoms with Crippen LogP contribution in [0.4, 0.5) is 0 Å². The molecule has 5 nitrogen and oxygen atoms in total. The number of ether oxygens (including phenoxy) is 1. The monoisotopic (exact) mass is 395 g/mol. The standard InChI is InChI=1S/C24H29NO4/c1-2-3-4-5-6-10-15-25-21-16-19(26)13-14-20(21)23(22(27)24(25)28)29-17-18-11-8-7-9-12-18/h7-9,11-14,16,26-27H,2-6,10,15,17H2,1H3. The summed E-state index contributed by atoms with van der Waals surface area (Å²) < 4.78 is 7.38. The number of nitrogens with zero attached hydrogens (tertiary/aromatic N) is 1. The Bertz CT molecular complexity index is 995. The van der Waals surface area contributed by atoms with Crippen LogP contribution in [0.2, 0.25) is 0 Å². The number of rotatable bonds is 10. The first-order valence-corrected chi connectivity index (χ1v) is 10.4. The molecule has 0 saturated carbocycles. The minimum atomic E-state index is -0.486. The Morgan fingerprint density at radius 1 is 0.931 bits per heavy atom. The number of benzene rings is 2. The average Bonchev–Trinajstić information content (AvgIpc) is 2.73. The highest BCUT2D eigenvalue weighted by molar-refractivity contribution is 5.88. The fourth-order valence-corrected chi connectivity index (χ4v) is 3.55. The molecule has 5 heteroatoms. The predicted octanol–water partition coefficient (Wildman–Crippen LogP) is 5.35. The molecule has 1 heterocycles. The lowest BCUT2D eigenvalue weighted by Gasteiger charge is -2.16. The number of hydrogen-bond acceptors (Lipinski definition) is 4. The number of aromatic nitrogens is 1. The van der Waals surface area contributed by atoms with Crippen LogP contribution < -0.4 is 10.3 Å². The highest BCUT2D eigenvalue weighted by Gasteiger charge is 2.18. The molecule has 0 aliphatic rings. The van der Waals surface area contributed by atoms with E-state index in [9.17, 15) is 15.0 Å². The number of unbranched alkanes of at least 4 members (excludes halogenated alkanes) is 5. The zero-order valence-electron chi connectivity index (χ0n) is 16.9. The number of fused-ring (bicyclic) bond motifs is 1. The largest absolute Gasteiger partial charge is 0.508 e. The average molecular weight is 395 g/mol. The van der Waals surface area contributed by atoms with E-state index in [1.807, 2.05) is 30.3 Å². The van der Waals surface area contributed by atoms with E-state index < -0.39 is 5.56 Å². The van der Waals surface area contributed by atoms with Crippen molar-refractivity contribution < 1.29 is 14.9 Å². The van der Waals surface area contributed by atoms with E-state index in [1.54, 1.807) is 16.7 Å². The van der Waals surface area contributed by atoms with Crippen molar-refractivity contribution in [1.29, 1.82) is 0 Å². The van der Waals surface area contributed by atoms with Gasteiger partial charge in [0, 0.05) is 18.0 Å². The summed E-state index contributed by atoms with van der Waals surface area (Å²) in [6, 6.07) is 14.4. The quantitative estimate of drug-likeness (QED) is 0.454. The van der Waals surface area contributed by atoms with Gasteiger partial charge in [-0.25, -0.2) is 0 Å². The number of phenols is 1. The van der Waals surface area contributed by atoms with Crippen LogP contribution in [0.15, 0.2) is 53.3 Å². The van der Waals surface area contributed by atoms with Gasteiger partial charge < -0.3 is 19.5 Å². The van der Waals surface area contributed by atoms with Gasteiger partial charge in [-0.15, -0.1) is 0 Å². The first kappa shape index (κ1) is 20.8. The molecule has 0 fully saturated rings. The van der Waals surface area contributed by atoms with E-state index in [-0.39, 0.29) is 23.9 Å². The van der Waals surface area contributed by atoms with E-state index in [0.29, 0.717) is 17.4 Å². The second kappa shape index (κ2) is 10.0. The SMILES string of the molecule is CCCCCCCCn1c(=O)c(O)c(OCc2ccccc2)c2ccc(O)cc21. The number of phenolic OH excluding ortho intramolecular Hbond substituents is 1. The molecule has 2 aromatic carbocycles. The van der Waals surface area contributed by atoms with E-state index >= 15 is 0 Å². The van der Waals surface area contributed by atoms with Crippen molar-refractivity contribution >= 4 is 10.9 Å². The first-order chi connectivity index (χ1) is 14.1. The van der Waals surface area contributed by atoms with Crippen molar-refractivity contribution in [3.63, 3.8) is 0 Å². The third kappa shape index (κ3) is 5.11. The van der Waals surface area contributed by atoms with Gasteiger partial charge in [0.15, 0.2) is 5.75 Å². The van der Waals surface area contributed by atoms with Crippen molar-refractivity contribution in [2.24, 2.45) is 0 Å². The maximum absolute atomic E-state index is 12.8. The Kier molecular flexibility index (Phi) is 7.17. The molecule has 154 valence electrons. The molecule has 3 aromatic rings. The Morgan fingerprint density at radius 2 is 1.66 bits per heavy atom. The van der Waals surface area contributed by atoms with Crippen LogP contribution in [0, 0.1) is 0 Å². The van der Waals surface area contributed by atoms with Crippen molar-refractivity contribution in [2.45, 2.75) is 58.6 Å². The summed E-state index contributed by atoms with van der Waals surface area (Å²) in [5.41, 5.74) is 1.03. The van der Waals surface area contributed by atoms with Crippen LogP contribution >= 0.6 is 0 Å². The normalized spacial score (nSPS) is 11.1. The predicted molar refractivity (Wildman–Crippen MR) is 116 cm³/mol. The van der Waals surface area contributed by atoms with Crippen molar-refractivity contribution in [2.75, 3.05) is 0 Å². The molecule has 0 unspecified atom stereocenters. The summed E-state index contributed by atoms with van der Waals surface area (Å²) in [5.74, 6) is -0.147. The highest BCUT2D eigenvalue weighted by Crippen LogP contribution is 2.34. The van der Waals surface area contributed by atoms with Crippen LogP contribution in [0.3, 0.4) is 0 Å². The molecule has 1 aromatic heterocycles.